The number of hydrogen-bond acceptors (Lipinski definition) is 6. The van der Waals surface area contributed by atoms with Gasteiger partial charge >= 0.3 is 11.9 Å². The molecule has 9 heteroatoms. The zero-order valence-electron chi connectivity index (χ0n) is 12.9. The lowest BCUT2D eigenvalue weighted by Gasteiger charge is -2.16. The van der Waals surface area contributed by atoms with E-state index in [1.165, 1.54) is 25.6 Å². The van der Waals surface area contributed by atoms with Crippen molar-refractivity contribution in [1.29, 1.82) is 0 Å². The fraction of sp³-hybridized carbons (Fsp3) is 0.500. The first-order valence-electron chi connectivity index (χ1n) is 6.71. The molecule has 0 unspecified atom stereocenters. The number of thiophene rings is 1. The lowest BCUT2D eigenvalue weighted by molar-refractivity contribution is -0.144. The first-order chi connectivity index (χ1) is 10.8. The lowest BCUT2D eigenvalue weighted by Crippen LogP contribution is -2.41. The van der Waals surface area contributed by atoms with Gasteiger partial charge in [0.15, 0.2) is 0 Å². The average Bonchev–Trinajstić information content (AvgIpc) is 2.80. The summed E-state index contributed by atoms with van der Waals surface area (Å²) < 4.78 is 10.9. The molecule has 0 fully saturated rings. The number of amides is 1. The van der Waals surface area contributed by atoms with E-state index in [0.717, 1.165) is 13.8 Å². The molecule has 0 aliphatic rings. The van der Waals surface area contributed by atoms with Crippen molar-refractivity contribution in [2.75, 3.05) is 14.2 Å². The van der Waals surface area contributed by atoms with Crippen molar-refractivity contribution in [2.45, 2.75) is 32.2 Å². The molecule has 1 heterocycles. The van der Waals surface area contributed by atoms with Gasteiger partial charge in [0.25, 0.3) is 5.91 Å². The summed E-state index contributed by atoms with van der Waals surface area (Å²) in [4.78, 5) is 35.8. The van der Waals surface area contributed by atoms with Gasteiger partial charge in [0.1, 0.15) is 6.04 Å². The molecule has 0 aliphatic heterocycles. The molecule has 1 aromatic rings. The molecular formula is C14H17Br2NO5S. The first kappa shape index (κ1) is 20.1. The van der Waals surface area contributed by atoms with E-state index in [4.69, 9.17) is 4.74 Å². The zero-order valence-corrected chi connectivity index (χ0v) is 16.9. The Hall–Kier alpha value is -0.930. The van der Waals surface area contributed by atoms with Gasteiger partial charge in [0.05, 0.1) is 22.9 Å². The number of ether oxygens (including phenoxy) is 2. The summed E-state index contributed by atoms with van der Waals surface area (Å²) in [5.74, 6) is -1.26. The molecule has 128 valence electrons. The molecule has 0 saturated carbocycles. The summed E-state index contributed by atoms with van der Waals surface area (Å²) in [7, 11) is 2.56. The third-order valence-electron chi connectivity index (χ3n) is 3.13. The van der Waals surface area contributed by atoms with Crippen molar-refractivity contribution in [2.24, 2.45) is 0 Å². The van der Waals surface area contributed by atoms with Crippen LogP contribution in [0.2, 0.25) is 0 Å². The van der Waals surface area contributed by atoms with E-state index in [1.807, 2.05) is 6.92 Å². The highest BCUT2D eigenvalue weighted by Gasteiger charge is 2.25. The first-order valence-corrected chi connectivity index (χ1v) is 9.11. The Morgan fingerprint density at radius 3 is 2.35 bits per heavy atom. The van der Waals surface area contributed by atoms with Crippen molar-refractivity contribution in [1.82, 2.24) is 5.32 Å². The summed E-state index contributed by atoms with van der Waals surface area (Å²) in [5.41, 5.74) is 0.789. The monoisotopic (exact) mass is 469 g/mol. The summed E-state index contributed by atoms with van der Waals surface area (Å²) in [6.45, 7) is 1.81. The van der Waals surface area contributed by atoms with Gasteiger partial charge in [-0.25, -0.2) is 4.79 Å². The third kappa shape index (κ3) is 5.58. The van der Waals surface area contributed by atoms with Gasteiger partial charge in [0, 0.05) is 10.9 Å². The van der Waals surface area contributed by atoms with Gasteiger partial charge in [-0.05, 0) is 57.2 Å². The zero-order chi connectivity index (χ0) is 17.6. The van der Waals surface area contributed by atoms with E-state index in [2.05, 4.69) is 41.9 Å². The van der Waals surface area contributed by atoms with Gasteiger partial charge in [-0.3, -0.25) is 9.59 Å². The summed E-state index contributed by atoms with van der Waals surface area (Å²) in [5, 5.41) is 2.66. The second-order valence-electron chi connectivity index (χ2n) is 4.66. The average molecular weight is 471 g/mol. The normalized spacial score (nSPS) is 11.7. The van der Waals surface area contributed by atoms with Crippen molar-refractivity contribution in [3.8, 4) is 0 Å². The van der Waals surface area contributed by atoms with Gasteiger partial charge in [0.2, 0.25) is 0 Å². The number of hydrogen-bond donors (Lipinski definition) is 1. The van der Waals surface area contributed by atoms with E-state index in [1.54, 1.807) is 0 Å². The summed E-state index contributed by atoms with van der Waals surface area (Å²) in [6.07, 6.45) is 0.874. The van der Waals surface area contributed by atoms with Crippen molar-refractivity contribution >= 4 is 61.0 Å². The minimum atomic E-state index is -0.809. The molecule has 0 saturated heterocycles. The van der Waals surface area contributed by atoms with Crippen LogP contribution in [-0.2, 0) is 19.1 Å². The molecule has 1 N–H and O–H groups in total. The maximum atomic E-state index is 12.4. The number of nitrogens with one attached hydrogen (secondary N) is 1. The smallest absolute Gasteiger partial charge is 0.328 e. The van der Waals surface area contributed by atoms with E-state index in [0.29, 0.717) is 17.7 Å². The molecule has 0 radical (unpaired) electrons. The van der Waals surface area contributed by atoms with Gasteiger partial charge in [-0.2, -0.15) is 0 Å². The summed E-state index contributed by atoms with van der Waals surface area (Å²) in [6, 6.07) is -0.809. The molecule has 0 aliphatic carbocycles. The van der Waals surface area contributed by atoms with Crippen LogP contribution >= 0.6 is 43.2 Å². The van der Waals surface area contributed by atoms with Crippen LogP contribution in [0.4, 0.5) is 0 Å². The quantitative estimate of drug-likeness (QED) is 0.619. The number of rotatable bonds is 7. The predicted octanol–water partition coefficient (Wildman–Crippen LogP) is 3.20. The van der Waals surface area contributed by atoms with Gasteiger partial charge in [-0.1, -0.05) is 0 Å². The fourth-order valence-electron chi connectivity index (χ4n) is 1.84. The predicted molar refractivity (Wildman–Crippen MR) is 93.6 cm³/mol. The third-order valence-corrected chi connectivity index (χ3v) is 6.88. The molecule has 6 nitrogen and oxygen atoms in total. The minimum Gasteiger partial charge on any atom is -0.469 e. The molecule has 1 aromatic heterocycles. The lowest BCUT2D eigenvalue weighted by atomic mass is 10.1. The van der Waals surface area contributed by atoms with Crippen LogP contribution < -0.4 is 5.32 Å². The molecule has 23 heavy (non-hydrogen) atoms. The van der Waals surface area contributed by atoms with E-state index < -0.39 is 12.0 Å². The molecule has 0 spiro atoms. The molecule has 1 amide bonds. The number of halogens is 2. The topological polar surface area (TPSA) is 81.7 Å². The Balaban J connectivity index is 2.76. The fourth-order valence-corrected chi connectivity index (χ4v) is 4.03. The number of methoxy groups -OCH3 is 2. The Kier molecular flexibility index (Phi) is 8.21. The second-order valence-corrected chi connectivity index (χ2v) is 7.79. The highest BCUT2D eigenvalue weighted by Crippen LogP contribution is 2.36. The van der Waals surface area contributed by atoms with Gasteiger partial charge < -0.3 is 14.8 Å². The maximum Gasteiger partial charge on any atom is 0.328 e. The Morgan fingerprint density at radius 2 is 1.87 bits per heavy atom. The highest BCUT2D eigenvalue weighted by atomic mass is 79.9. The number of esters is 2. The van der Waals surface area contributed by atoms with Crippen LogP contribution in [0, 0.1) is 6.92 Å². The minimum absolute atomic E-state index is 0.176. The maximum absolute atomic E-state index is 12.4. The number of carbonyl (C=O) groups is 3. The Morgan fingerprint density at radius 1 is 1.22 bits per heavy atom. The van der Waals surface area contributed by atoms with Crippen LogP contribution in [0.25, 0.3) is 0 Å². The van der Waals surface area contributed by atoms with E-state index in [-0.39, 0.29) is 18.3 Å². The van der Waals surface area contributed by atoms with Crippen LogP contribution in [0.15, 0.2) is 8.26 Å². The van der Waals surface area contributed by atoms with Crippen LogP contribution in [0.5, 0.6) is 0 Å². The standard InChI is InChI=1S/C14H17Br2NO5S/c1-7-10(15)12(16)23-11(7)13(19)17-8(14(20)22-3)5-4-6-9(18)21-2/h8H,4-6H2,1-3H3,(H,17,19)/t8-/m0/s1. The van der Waals surface area contributed by atoms with Crippen molar-refractivity contribution in [3.63, 3.8) is 0 Å². The highest BCUT2D eigenvalue weighted by molar-refractivity contribution is 9.13. The van der Waals surface area contributed by atoms with E-state index >= 15 is 0 Å². The van der Waals surface area contributed by atoms with E-state index in [9.17, 15) is 14.4 Å². The number of carbonyl (C=O) groups excluding carboxylic acids is 3. The summed E-state index contributed by atoms with van der Waals surface area (Å²) >= 11 is 8.02. The van der Waals surface area contributed by atoms with Crippen LogP contribution in [0.1, 0.15) is 34.5 Å². The molecule has 1 rings (SSSR count). The Labute approximate surface area is 155 Å². The second kappa shape index (κ2) is 9.39. The molecule has 0 bridgehead atoms. The molecule has 0 aromatic carbocycles. The van der Waals surface area contributed by atoms with Gasteiger partial charge in [-0.15, -0.1) is 11.3 Å². The largest absolute Gasteiger partial charge is 0.469 e. The Bertz CT molecular complexity index is 602. The SMILES string of the molecule is COC(=O)CCC[C@H](NC(=O)c1sc(Br)c(Br)c1C)C(=O)OC. The van der Waals surface area contributed by atoms with Crippen LogP contribution in [0.3, 0.4) is 0 Å². The van der Waals surface area contributed by atoms with Crippen molar-refractivity contribution in [3.05, 3.63) is 18.7 Å². The molecular weight excluding hydrogens is 454 g/mol. The van der Waals surface area contributed by atoms with Crippen molar-refractivity contribution < 1.29 is 23.9 Å². The molecule has 1 atom stereocenters. The van der Waals surface area contributed by atoms with Crippen LogP contribution in [-0.4, -0.2) is 38.1 Å².